The highest BCUT2D eigenvalue weighted by molar-refractivity contribution is 8.01. The number of anilines is 2. The van der Waals surface area contributed by atoms with E-state index in [9.17, 15) is 17.6 Å². The standard InChI is InChI=1S/C22H19FN2O3S2/c1-14-10-11-16(24-22(26)20-12-15-6-2-5-9-19(15)29-20)13-21(14)30(27,28)25-18-8-4-3-7-17(18)23/h2-11,13,20,25H,12H2,1H3,(H,24,26). The number of para-hydroxylation sites is 1. The summed E-state index contributed by atoms with van der Waals surface area (Å²) in [6.45, 7) is 1.64. The van der Waals surface area contributed by atoms with Crippen LogP contribution in [0.5, 0.6) is 0 Å². The zero-order valence-electron chi connectivity index (χ0n) is 16.1. The van der Waals surface area contributed by atoms with Gasteiger partial charge in [-0.1, -0.05) is 36.4 Å². The van der Waals surface area contributed by atoms with E-state index in [4.69, 9.17) is 0 Å². The third-order valence-electron chi connectivity index (χ3n) is 4.80. The van der Waals surface area contributed by atoms with Crippen molar-refractivity contribution in [1.82, 2.24) is 0 Å². The number of fused-ring (bicyclic) bond motifs is 1. The number of hydrogen-bond acceptors (Lipinski definition) is 4. The normalized spacial score (nSPS) is 15.5. The Balaban J connectivity index is 1.53. The van der Waals surface area contributed by atoms with Crippen molar-refractivity contribution in [1.29, 1.82) is 0 Å². The van der Waals surface area contributed by atoms with Crippen LogP contribution in [0.1, 0.15) is 11.1 Å². The topological polar surface area (TPSA) is 75.3 Å². The number of nitrogens with one attached hydrogen (secondary N) is 2. The summed E-state index contributed by atoms with van der Waals surface area (Å²) in [5.74, 6) is -0.855. The van der Waals surface area contributed by atoms with Crippen LogP contribution in [-0.2, 0) is 21.2 Å². The van der Waals surface area contributed by atoms with Crippen molar-refractivity contribution in [3.05, 3.63) is 83.7 Å². The van der Waals surface area contributed by atoms with Crippen molar-refractivity contribution in [2.45, 2.75) is 28.4 Å². The van der Waals surface area contributed by atoms with Crippen LogP contribution in [-0.4, -0.2) is 19.6 Å². The molecule has 30 heavy (non-hydrogen) atoms. The van der Waals surface area contributed by atoms with E-state index in [1.165, 1.54) is 36.0 Å². The van der Waals surface area contributed by atoms with Crippen molar-refractivity contribution in [2.75, 3.05) is 10.0 Å². The number of aryl methyl sites for hydroxylation is 1. The molecule has 1 aliphatic rings. The summed E-state index contributed by atoms with van der Waals surface area (Å²) in [6, 6.07) is 18.1. The van der Waals surface area contributed by atoms with Crippen LogP contribution in [0.25, 0.3) is 0 Å². The van der Waals surface area contributed by atoms with Crippen molar-refractivity contribution in [3.8, 4) is 0 Å². The first kappa shape index (κ1) is 20.4. The van der Waals surface area contributed by atoms with Gasteiger partial charge in [0.15, 0.2) is 0 Å². The lowest BCUT2D eigenvalue weighted by Gasteiger charge is -2.14. The average Bonchev–Trinajstić information content (AvgIpc) is 3.15. The van der Waals surface area contributed by atoms with Gasteiger partial charge in [0.05, 0.1) is 15.8 Å². The van der Waals surface area contributed by atoms with E-state index < -0.39 is 15.8 Å². The summed E-state index contributed by atoms with van der Waals surface area (Å²) >= 11 is 1.50. The summed E-state index contributed by atoms with van der Waals surface area (Å²) in [7, 11) is -4.03. The molecule has 0 saturated carbocycles. The highest BCUT2D eigenvalue weighted by Gasteiger charge is 2.28. The number of carbonyl (C=O) groups excluding carboxylic acids is 1. The fourth-order valence-electron chi connectivity index (χ4n) is 3.26. The predicted octanol–water partition coefficient (Wildman–Crippen LogP) is 4.59. The third-order valence-corrected chi connectivity index (χ3v) is 7.63. The number of benzene rings is 3. The van der Waals surface area contributed by atoms with Crippen molar-refractivity contribution >= 4 is 39.1 Å². The number of halogens is 1. The van der Waals surface area contributed by atoms with Gasteiger partial charge in [-0.15, -0.1) is 11.8 Å². The molecule has 0 spiro atoms. The van der Waals surface area contributed by atoms with E-state index in [1.54, 1.807) is 25.1 Å². The lowest BCUT2D eigenvalue weighted by atomic mass is 10.1. The molecule has 1 amide bonds. The zero-order chi connectivity index (χ0) is 21.3. The van der Waals surface area contributed by atoms with E-state index in [-0.39, 0.29) is 21.7 Å². The highest BCUT2D eigenvalue weighted by Crippen LogP contribution is 2.37. The van der Waals surface area contributed by atoms with Gasteiger partial charge >= 0.3 is 0 Å². The van der Waals surface area contributed by atoms with Gasteiger partial charge in [-0.05, 0) is 54.8 Å². The summed E-state index contributed by atoms with van der Waals surface area (Å²) < 4.78 is 41.8. The maximum atomic E-state index is 13.9. The van der Waals surface area contributed by atoms with Crippen LogP contribution in [0.3, 0.4) is 0 Å². The molecule has 3 aromatic rings. The maximum Gasteiger partial charge on any atom is 0.262 e. The molecule has 1 heterocycles. The van der Waals surface area contributed by atoms with Gasteiger partial charge in [-0.3, -0.25) is 9.52 Å². The summed E-state index contributed by atoms with van der Waals surface area (Å²) in [5.41, 5.74) is 1.85. The lowest BCUT2D eigenvalue weighted by molar-refractivity contribution is -0.115. The molecule has 4 rings (SSSR count). The Morgan fingerprint density at radius 1 is 1.07 bits per heavy atom. The molecule has 0 aliphatic carbocycles. The Kier molecular flexibility index (Phi) is 5.53. The molecular formula is C22H19FN2O3S2. The van der Waals surface area contributed by atoms with Crippen LogP contribution in [0.4, 0.5) is 15.8 Å². The molecule has 0 saturated heterocycles. The second kappa shape index (κ2) is 8.12. The first-order valence-electron chi connectivity index (χ1n) is 9.27. The number of hydrogen-bond donors (Lipinski definition) is 2. The smallest absolute Gasteiger partial charge is 0.262 e. The lowest BCUT2D eigenvalue weighted by Crippen LogP contribution is -2.25. The second-order valence-electron chi connectivity index (χ2n) is 6.97. The Labute approximate surface area is 178 Å². The second-order valence-corrected chi connectivity index (χ2v) is 9.87. The van der Waals surface area contributed by atoms with Crippen LogP contribution in [0.15, 0.2) is 76.5 Å². The first-order valence-corrected chi connectivity index (χ1v) is 11.6. The molecule has 1 aliphatic heterocycles. The van der Waals surface area contributed by atoms with Gasteiger partial charge in [0.2, 0.25) is 5.91 Å². The van der Waals surface area contributed by atoms with Crippen LogP contribution in [0, 0.1) is 12.7 Å². The largest absolute Gasteiger partial charge is 0.325 e. The molecule has 154 valence electrons. The minimum Gasteiger partial charge on any atom is -0.325 e. The van der Waals surface area contributed by atoms with E-state index in [1.807, 2.05) is 24.3 Å². The quantitative estimate of drug-likeness (QED) is 0.606. The van der Waals surface area contributed by atoms with E-state index >= 15 is 0 Å². The molecule has 0 aromatic heterocycles. The highest BCUT2D eigenvalue weighted by atomic mass is 32.2. The van der Waals surface area contributed by atoms with Gasteiger partial charge in [0.25, 0.3) is 10.0 Å². The van der Waals surface area contributed by atoms with Gasteiger partial charge < -0.3 is 5.32 Å². The monoisotopic (exact) mass is 442 g/mol. The first-order chi connectivity index (χ1) is 14.3. The number of sulfonamides is 1. The summed E-state index contributed by atoms with van der Waals surface area (Å²) in [6.07, 6.45) is 0.624. The Morgan fingerprint density at radius 3 is 2.57 bits per heavy atom. The SMILES string of the molecule is Cc1ccc(NC(=O)C2Cc3ccccc3S2)cc1S(=O)(=O)Nc1ccccc1F. The van der Waals surface area contributed by atoms with Crippen molar-refractivity contribution < 1.29 is 17.6 Å². The number of thioether (sulfide) groups is 1. The Morgan fingerprint density at radius 2 is 1.80 bits per heavy atom. The zero-order valence-corrected chi connectivity index (χ0v) is 17.7. The fraction of sp³-hybridized carbons (Fsp3) is 0.136. The molecule has 5 nitrogen and oxygen atoms in total. The summed E-state index contributed by atoms with van der Waals surface area (Å²) in [5, 5.41) is 2.53. The molecule has 8 heteroatoms. The van der Waals surface area contributed by atoms with Crippen molar-refractivity contribution in [3.63, 3.8) is 0 Å². The minimum absolute atomic E-state index is 0.0223. The molecular weight excluding hydrogens is 423 g/mol. The molecule has 3 aromatic carbocycles. The predicted molar refractivity (Wildman–Crippen MR) is 117 cm³/mol. The molecule has 0 fully saturated rings. The molecule has 1 atom stereocenters. The molecule has 2 N–H and O–H groups in total. The van der Waals surface area contributed by atoms with Gasteiger partial charge in [0, 0.05) is 10.6 Å². The molecule has 1 unspecified atom stereocenters. The van der Waals surface area contributed by atoms with E-state index in [0.29, 0.717) is 17.7 Å². The van der Waals surface area contributed by atoms with Crippen LogP contribution >= 0.6 is 11.8 Å². The van der Waals surface area contributed by atoms with E-state index in [0.717, 1.165) is 10.5 Å². The molecule has 0 radical (unpaired) electrons. The third kappa shape index (κ3) is 4.20. The number of rotatable bonds is 5. The van der Waals surface area contributed by atoms with Crippen LogP contribution < -0.4 is 10.0 Å². The van der Waals surface area contributed by atoms with Crippen LogP contribution in [0.2, 0.25) is 0 Å². The Bertz CT molecular complexity index is 1200. The Hall–Kier alpha value is -2.84. The number of carbonyl (C=O) groups is 1. The van der Waals surface area contributed by atoms with Gasteiger partial charge in [-0.25, -0.2) is 12.8 Å². The summed E-state index contributed by atoms with van der Waals surface area (Å²) in [4.78, 5) is 13.8. The van der Waals surface area contributed by atoms with Gasteiger partial charge in [0.1, 0.15) is 5.82 Å². The number of amides is 1. The fourth-order valence-corrected chi connectivity index (χ4v) is 5.80. The van der Waals surface area contributed by atoms with Gasteiger partial charge in [-0.2, -0.15) is 0 Å². The van der Waals surface area contributed by atoms with E-state index in [2.05, 4.69) is 10.0 Å². The molecule has 0 bridgehead atoms. The minimum atomic E-state index is -4.03. The maximum absolute atomic E-state index is 13.9. The average molecular weight is 443 g/mol. The van der Waals surface area contributed by atoms with Crippen molar-refractivity contribution in [2.24, 2.45) is 0 Å².